The number of piperazine rings is 1. The normalized spacial score (nSPS) is 15.4. The van der Waals surface area contributed by atoms with E-state index < -0.39 is 0 Å². The van der Waals surface area contributed by atoms with Gasteiger partial charge in [-0.05, 0) is 43.3 Å². The van der Waals surface area contributed by atoms with E-state index in [2.05, 4.69) is 83.6 Å². The van der Waals surface area contributed by atoms with Gasteiger partial charge in [-0.25, -0.2) is 0 Å². The van der Waals surface area contributed by atoms with Crippen molar-refractivity contribution in [3.63, 3.8) is 0 Å². The van der Waals surface area contributed by atoms with Crippen molar-refractivity contribution in [2.24, 2.45) is 0 Å². The predicted molar refractivity (Wildman–Crippen MR) is 116 cm³/mol. The molecule has 0 unspecified atom stereocenters. The third-order valence-corrected chi connectivity index (χ3v) is 5.12. The van der Waals surface area contributed by atoms with E-state index in [0.29, 0.717) is 0 Å². The number of hydrogen-bond acceptors (Lipinski definition) is 2. The minimum atomic E-state index is 0.830. The largest absolute Gasteiger partial charge is 0.346 e. The van der Waals surface area contributed by atoms with Gasteiger partial charge in [-0.15, -0.1) is 0 Å². The van der Waals surface area contributed by atoms with E-state index in [0.717, 1.165) is 43.5 Å². The molecule has 0 spiro atoms. The molecule has 0 amide bonds. The van der Waals surface area contributed by atoms with Crippen LogP contribution in [0.25, 0.3) is 6.08 Å². The first-order valence-electron chi connectivity index (χ1n) is 9.19. The van der Waals surface area contributed by atoms with E-state index in [4.69, 9.17) is 12.2 Å². The van der Waals surface area contributed by atoms with Crippen molar-refractivity contribution in [3.05, 3.63) is 71.3 Å². The fraction of sp³-hybridized carbons (Fsp3) is 0.318. The van der Waals surface area contributed by atoms with E-state index in [1.165, 1.54) is 16.7 Å². The van der Waals surface area contributed by atoms with Gasteiger partial charge >= 0.3 is 0 Å². The quantitative estimate of drug-likeness (QED) is 0.813. The monoisotopic (exact) mass is 365 g/mol. The SMILES string of the molecule is Cc1ccc(NC(=S)N2CCN(CC=Cc3ccccc3)CC2)c(C)c1. The van der Waals surface area contributed by atoms with Crippen molar-refractivity contribution in [1.82, 2.24) is 9.80 Å². The molecule has 1 fully saturated rings. The number of thiocarbonyl (C=S) groups is 1. The highest BCUT2D eigenvalue weighted by Gasteiger charge is 2.18. The molecule has 26 heavy (non-hydrogen) atoms. The van der Waals surface area contributed by atoms with Crippen LogP contribution < -0.4 is 5.32 Å². The highest BCUT2D eigenvalue weighted by Crippen LogP contribution is 2.17. The molecule has 1 heterocycles. The average molecular weight is 366 g/mol. The van der Waals surface area contributed by atoms with Gasteiger partial charge in [0.1, 0.15) is 0 Å². The lowest BCUT2D eigenvalue weighted by Gasteiger charge is -2.35. The van der Waals surface area contributed by atoms with Crippen molar-refractivity contribution in [2.45, 2.75) is 13.8 Å². The second kappa shape index (κ2) is 8.97. The molecule has 1 aliphatic heterocycles. The Labute approximate surface area is 162 Å². The fourth-order valence-electron chi connectivity index (χ4n) is 3.18. The number of benzene rings is 2. The number of hydrogen-bond donors (Lipinski definition) is 1. The van der Waals surface area contributed by atoms with Gasteiger partial charge in [0.15, 0.2) is 5.11 Å². The predicted octanol–water partition coefficient (Wildman–Crippen LogP) is 4.33. The Morgan fingerprint density at radius 1 is 1.04 bits per heavy atom. The molecular weight excluding hydrogens is 338 g/mol. The van der Waals surface area contributed by atoms with Crippen LogP contribution in [0, 0.1) is 13.8 Å². The first-order chi connectivity index (χ1) is 12.6. The molecule has 3 nitrogen and oxygen atoms in total. The average Bonchev–Trinajstić information content (AvgIpc) is 2.65. The Hall–Kier alpha value is -2.17. The van der Waals surface area contributed by atoms with Gasteiger partial charge in [-0.1, -0.05) is 60.2 Å². The zero-order valence-electron chi connectivity index (χ0n) is 15.6. The minimum Gasteiger partial charge on any atom is -0.346 e. The Balaban J connectivity index is 1.45. The van der Waals surface area contributed by atoms with Crippen LogP contribution in [0.1, 0.15) is 16.7 Å². The molecule has 1 saturated heterocycles. The van der Waals surface area contributed by atoms with Gasteiger partial charge < -0.3 is 10.2 Å². The Kier molecular flexibility index (Phi) is 6.42. The van der Waals surface area contributed by atoms with Crippen LogP contribution in [-0.2, 0) is 0 Å². The van der Waals surface area contributed by atoms with Crippen LogP contribution in [0.3, 0.4) is 0 Å². The van der Waals surface area contributed by atoms with Crippen LogP contribution in [0.5, 0.6) is 0 Å². The first-order valence-corrected chi connectivity index (χ1v) is 9.60. The third-order valence-electron chi connectivity index (χ3n) is 4.76. The molecule has 4 heteroatoms. The van der Waals surface area contributed by atoms with Crippen LogP contribution in [-0.4, -0.2) is 47.6 Å². The van der Waals surface area contributed by atoms with Crippen molar-refractivity contribution in [2.75, 3.05) is 38.0 Å². The smallest absolute Gasteiger partial charge is 0.173 e. The Morgan fingerprint density at radius 3 is 2.46 bits per heavy atom. The van der Waals surface area contributed by atoms with Crippen molar-refractivity contribution in [3.8, 4) is 0 Å². The maximum absolute atomic E-state index is 5.62. The number of nitrogens with zero attached hydrogens (tertiary/aromatic N) is 2. The van der Waals surface area contributed by atoms with E-state index in [9.17, 15) is 0 Å². The maximum atomic E-state index is 5.62. The summed E-state index contributed by atoms with van der Waals surface area (Å²) < 4.78 is 0. The molecule has 0 saturated carbocycles. The summed E-state index contributed by atoms with van der Waals surface area (Å²) in [5, 5.41) is 4.24. The van der Waals surface area contributed by atoms with E-state index in [1.54, 1.807) is 0 Å². The summed E-state index contributed by atoms with van der Waals surface area (Å²) in [6.45, 7) is 9.23. The molecule has 0 atom stereocenters. The lowest BCUT2D eigenvalue weighted by Crippen LogP contribution is -2.49. The molecule has 3 rings (SSSR count). The summed E-state index contributed by atoms with van der Waals surface area (Å²) in [5.74, 6) is 0. The fourth-order valence-corrected chi connectivity index (χ4v) is 3.48. The summed E-state index contributed by atoms with van der Waals surface area (Å²) in [7, 11) is 0. The van der Waals surface area contributed by atoms with Gasteiger partial charge in [-0.2, -0.15) is 0 Å². The van der Waals surface area contributed by atoms with Gasteiger partial charge in [0.2, 0.25) is 0 Å². The molecule has 0 aromatic heterocycles. The summed E-state index contributed by atoms with van der Waals surface area (Å²) in [6.07, 6.45) is 4.44. The summed E-state index contributed by atoms with van der Waals surface area (Å²) in [6, 6.07) is 16.9. The lowest BCUT2D eigenvalue weighted by molar-refractivity contribution is 0.200. The highest BCUT2D eigenvalue weighted by atomic mass is 32.1. The molecule has 1 N–H and O–H groups in total. The van der Waals surface area contributed by atoms with Crippen LogP contribution >= 0.6 is 12.2 Å². The van der Waals surface area contributed by atoms with Crippen LogP contribution in [0.2, 0.25) is 0 Å². The van der Waals surface area contributed by atoms with E-state index >= 15 is 0 Å². The summed E-state index contributed by atoms with van der Waals surface area (Å²) in [4.78, 5) is 4.74. The van der Waals surface area contributed by atoms with E-state index in [1.807, 2.05) is 6.07 Å². The van der Waals surface area contributed by atoms with Gasteiger partial charge in [0.25, 0.3) is 0 Å². The number of aryl methyl sites for hydroxylation is 2. The van der Waals surface area contributed by atoms with Gasteiger partial charge in [0.05, 0.1) is 0 Å². The lowest BCUT2D eigenvalue weighted by atomic mass is 10.1. The summed E-state index contributed by atoms with van der Waals surface area (Å²) >= 11 is 5.62. The summed E-state index contributed by atoms with van der Waals surface area (Å²) in [5.41, 5.74) is 4.87. The molecule has 1 aliphatic rings. The van der Waals surface area contributed by atoms with Crippen LogP contribution in [0.4, 0.5) is 5.69 Å². The maximum Gasteiger partial charge on any atom is 0.173 e. The standard InChI is InChI=1S/C22H27N3S/c1-18-10-11-21(19(2)17-18)23-22(26)25-15-13-24(14-16-25)12-6-9-20-7-4-3-5-8-20/h3-11,17H,12-16H2,1-2H3,(H,23,26). The van der Waals surface area contributed by atoms with Crippen LogP contribution in [0.15, 0.2) is 54.6 Å². The Bertz CT molecular complexity index is 762. The zero-order chi connectivity index (χ0) is 18.4. The van der Waals surface area contributed by atoms with Crippen molar-refractivity contribution >= 4 is 29.1 Å². The number of anilines is 1. The van der Waals surface area contributed by atoms with E-state index in [-0.39, 0.29) is 0 Å². The molecule has 2 aromatic carbocycles. The second-order valence-electron chi connectivity index (χ2n) is 6.85. The van der Waals surface area contributed by atoms with Crippen molar-refractivity contribution < 1.29 is 0 Å². The molecule has 2 aromatic rings. The highest BCUT2D eigenvalue weighted by molar-refractivity contribution is 7.80. The molecule has 136 valence electrons. The molecule has 0 aliphatic carbocycles. The first kappa shape index (κ1) is 18.6. The molecular formula is C22H27N3S. The topological polar surface area (TPSA) is 18.5 Å². The minimum absolute atomic E-state index is 0.830. The molecule has 0 bridgehead atoms. The van der Waals surface area contributed by atoms with Crippen molar-refractivity contribution in [1.29, 1.82) is 0 Å². The Morgan fingerprint density at radius 2 is 1.77 bits per heavy atom. The number of rotatable bonds is 4. The van der Waals surface area contributed by atoms with Gasteiger partial charge in [0, 0.05) is 38.4 Å². The molecule has 0 radical (unpaired) electrons. The second-order valence-corrected chi connectivity index (χ2v) is 7.24. The third kappa shape index (κ3) is 5.16. The van der Waals surface area contributed by atoms with Gasteiger partial charge in [-0.3, -0.25) is 4.90 Å². The number of nitrogens with one attached hydrogen (secondary N) is 1. The zero-order valence-corrected chi connectivity index (χ0v) is 16.4.